The van der Waals surface area contributed by atoms with Crippen molar-refractivity contribution in [3.8, 4) is 5.75 Å². The molecule has 1 atom stereocenters. The van der Waals surface area contributed by atoms with E-state index in [2.05, 4.69) is 71.4 Å². The Morgan fingerprint density at radius 2 is 1.79 bits per heavy atom. The Morgan fingerprint density at radius 1 is 1.00 bits per heavy atom. The van der Waals surface area contributed by atoms with Crippen LogP contribution in [-0.2, 0) is 6.54 Å². The fourth-order valence-electron chi connectivity index (χ4n) is 5.35. The van der Waals surface area contributed by atoms with Gasteiger partial charge in [0.15, 0.2) is 0 Å². The lowest BCUT2D eigenvalue weighted by Gasteiger charge is -2.42. The summed E-state index contributed by atoms with van der Waals surface area (Å²) in [5.74, 6) is 0.857. The van der Waals surface area contributed by atoms with Crippen LogP contribution in [0.2, 0.25) is 0 Å². The van der Waals surface area contributed by atoms with Crippen molar-refractivity contribution in [3.63, 3.8) is 0 Å². The Labute approximate surface area is 203 Å². The summed E-state index contributed by atoms with van der Waals surface area (Å²) in [7, 11) is 1.71. The zero-order chi connectivity index (χ0) is 23.5. The third-order valence-electron chi connectivity index (χ3n) is 7.33. The van der Waals surface area contributed by atoms with Crippen LogP contribution in [0.1, 0.15) is 61.9 Å². The monoisotopic (exact) mass is 456 g/mol. The van der Waals surface area contributed by atoms with Crippen LogP contribution in [0, 0.1) is 0 Å². The van der Waals surface area contributed by atoms with Gasteiger partial charge in [-0.2, -0.15) is 5.10 Å². The van der Waals surface area contributed by atoms with Gasteiger partial charge in [0, 0.05) is 30.8 Å². The van der Waals surface area contributed by atoms with Crippen molar-refractivity contribution in [1.82, 2.24) is 9.91 Å². The Hall–Kier alpha value is -2.89. The number of piperidine rings is 1. The minimum absolute atomic E-state index is 0.229. The molecule has 34 heavy (non-hydrogen) atoms. The highest BCUT2D eigenvalue weighted by Gasteiger charge is 2.33. The van der Waals surface area contributed by atoms with Gasteiger partial charge in [0.2, 0.25) is 0 Å². The number of nitrogens with zero attached hydrogens (tertiary/aromatic N) is 3. The van der Waals surface area contributed by atoms with Crippen molar-refractivity contribution in [3.05, 3.63) is 77.4 Å². The van der Waals surface area contributed by atoms with Crippen molar-refractivity contribution in [2.75, 3.05) is 20.2 Å². The summed E-state index contributed by atoms with van der Waals surface area (Å²) < 4.78 is 5.50. The van der Waals surface area contributed by atoms with Gasteiger partial charge in [0.1, 0.15) is 11.9 Å². The summed E-state index contributed by atoms with van der Waals surface area (Å²) in [6.07, 6.45) is 5.20. The van der Waals surface area contributed by atoms with E-state index in [0.717, 1.165) is 63.1 Å². The third kappa shape index (κ3) is 4.68. The molecule has 2 N–H and O–H groups in total. The first-order valence-electron chi connectivity index (χ1n) is 12.7. The molecule has 3 aromatic carbocycles. The molecular weight excluding hydrogens is 420 g/mol. The van der Waals surface area contributed by atoms with E-state index in [1.54, 1.807) is 7.11 Å². The molecule has 0 aliphatic carbocycles. The molecule has 5 nitrogen and oxygen atoms in total. The van der Waals surface area contributed by atoms with E-state index in [0.29, 0.717) is 6.04 Å². The number of hydrazone groups is 1. The number of nitrogens with two attached hydrogens (primary N) is 1. The number of rotatable bonds is 7. The van der Waals surface area contributed by atoms with Crippen molar-refractivity contribution < 1.29 is 4.74 Å². The molecule has 1 fully saturated rings. The van der Waals surface area contributed by atoms with Gasteiger partial charge in [-0.3, -0.25) is 9.91 Å². The Morgan fingerprint density at radius 3 is 2.56 bits per heavy atom. The van der Waals surface area contributed by atoms with Gasteiger partial charge in [0.05, 0.1) is 18.9 Å². The predicted molar refractivity (Wildman–Crippen MR) is 140 cm³/mol. The zero-order valence-electron chi connectivity index (χ0n) is 20.4. The first-order chi connectivity index (χ1) is 16.7. The second-order valence-corrected chi connectivity index (χ2v) is 9.62. The van der Waals surface area contributed by atoms with Crippen LogP contribution in [0.3, 0.4) is 0 Å². The number of unbranched alkanes of at least 4 members (excludes halogenated alkanes) is 1. The van der Waals surface area contributed by atoms with Gasteiger partial charge in [-0.15, -0.1) is 0 Å². The van der Waals surface area contributed by atoms with Crippen LogP contribution in [0.5, 0.6) is 5.75 Å². The van der Waals surface area contributed by atoms with Crippen molar-refractivity contribution >= 4 is 16.5 Å². The molecule has 2 aliphatic rings. The van der Waals surface area contributed by atoms with E-state index in [4.69, 9.17) is 15.6 Å². The van der Waals surface area contributed by atoms with E-state index in [-0.39, 0.29) is 6.17 Å². The average molecular weight is 457 g/mol. The molecule has 0 bridgehead atoms. The van der Waals surface area contributed by atoms with Crippen LogP contribution >= 0.6 is 0 Å². The molecule has 0 amide bonds. The molecule has 1 saturated heterocycles. The molecular formula is C29H36N4O. The molecule has 5 heteroatoms. The van der Waals surface area contributed by atoms with Crippen LogP contribution in [0.15, 0.2) is 65.8 Å². The molecule has 5 rings (SSSR count). The number of benzene rings is 3. The molecule has 0 radical (unpaired) electrons. The fraction of sp³-hybridized carbons (Fsp3) is 0.414. The lowest BCUT2D eigenvalue weighted by Crippen LogP contribution is -2.48. The van der Waals surface area contributed by atoms with Crippen LogP contribution in [0.4, 0.5) is 0 Å². The van der Waals surface area contributed by atoms with E-state index >= 15 is 0 Å². The molecule has 0 saturated carbocycles. The Kier molecular flexibility index (Phi) is 6.84. The quantitative estimate of drug-likeness (QED) is 0.497. The molecule has 2 heterocycles. The van der Waals surface area contributed by atoms with Crippen molar-refractivity contribution in [2.24, 2.45) is 10.8 Å². The zero-order valence-corrected chi connectivity index (χ0v) is 20.4. The lowest BCUT2D eigenvalue weighted by atomic mass is 9.94. The molecule has 0 aromatic heterocycles. The fourth-order valence-corrected chi connectivity index (χ4v) is 5.35. The van der Waals surface area contributed by atoms with Crippen molar-refractivity contribution in [1.29, 1.82) is 0 Å². The van der Waals surface area contributed by atoms with Crippen LogP contribution in [0.25, 0.3) is 10.8 Å². The second kappa shape index (κ2) is 10.2. The smallest absolute Gasteiger partial charge is 0.121 e. The maximum Gasteiger partial charge on any atom is 0.121 e. The summed E-state index contributed by atoms with van der Waals surface area (Å²) in [6.45, 7) is 5.35. The number of ether oxygens (including phenoxy) is 1. The summed E-state index contributed by atoms with van der Waals surface area (Å²) in [4.78, 5) is 2.56. The number of fused-ring (bicyclic) bond motifs is 2. The number of methoxy groups -OCH3 is 1. The summed E-state index contributed by atoms with van der Waals surface area (Å²) >= 11 is 0. The minimum atomic E-state index is -0.229. The van der Waals surface area contributed by atoms with Gasteiger partial charge < -0.3 is 10.5 Å². The van der Waals surface area contributed by atoms with Gasteiger partial charge >= 0.3 is 0 Å². The molecule has 0 spiro atoms. The summed E-state index contributed by atoms with van der Waals surface area (Å²) in [5, 5.41) is 9.94. The van der Waals surface area contributed by atoms with Gasteiger partial charge in [-0.25, -0.2) is 0 Å². The SMILES string of the molecule is CCCCC1=NN(C2CCN(Cc3ccc4ccccc4c3)CC2)C(N)c2cc(OC)ccc21. The highest BCUT2D eigenvalue weighted by molar-refractivity contribution is 6.02. The molecule has 178 valence electrons. The van der Waals surface area contributed by atoms with Crippen LogP contribution < -0.4 is 10.5 Å². The van der Waals surface area contributed by atoms with E-state index in [1.165, 1.54) is 27.6 Å². The first-order valence-corrected chi connectivity index (χ1v) is 12.7. The Balaban J connectivity index is 1.29. The normalized spacial score (nSPS) is 19.2. The van der Waals surface area contributed by atoms with E-state index in [9.17, 15) is 0 Å². The third-order valence-corrected chi connectivity index (χ3v) is 7.33. The Bertz CT molecular complexity index is 1170. The molecule has 1 unspecified atom stereocenters. The summed E-state index contributed by atoms with van der Waals surface area (Å²) in [5.41, 5.74) is 11.7. The number of hydrogen-bond acceptors (Lipinski definition) is 5. The number of likely N-dealkylation sites (tertiary alicyclic amines) is 1. The lowest BCUT2D eigenvalue weighted by molar-refractivity contribution is 0.0722. The largest absolute Gasteiger partial charge is 0.497 e. The van der Waals surface area contributed by atoms with Crippen LogP contribution in [-0.4, -0.2) is 41.9 Å². The second-order valence-electron chi connectivity index (χ2n) is 9.62. The van der Waals surface area contributed by atoms with Gasteiger partial charge in [-0.05, 0) is 66.3 Å². The van der Waals surface area contributed by atoms with Gasteiger partial charge in [-0.1, -0.05) is 49.7 Å². The minimum Gasteiger partial charge on any atom is -0.497 e. The number of hydrogen-bond donors (Lipinski definition) is 1. The maximum atomic E-state index is 6.80. The van der Waals surface area contributed by atoms with Gasteiger partial charge in [0.25, 0.3) is 0 Å². The van der Waals surface area contributed by atoms with E-state index in [1.807, 2.05) is 6.07 Å². The predicted octanol–water partition coefficient (Wildman–Crippen LogP) is 5.68. The maximum absolute atomic E-state index is 6.80. The first kappa shape index (κ1) is 22.9. The highest BCUT2D eigenvalue weighted by atomic mass is 16.5. The van der Waals surface area contributed by atoms with E-state index < -0.39 is 0 Å². The topological polar surface area (TPSA) is 54.1 Å². The summed E-state index contributed by atoms with van der Waals surface area (Å²) in [6, 6.07) is 22.0. The average Bonchev–Trinajstić information content (AvgIpc) is 2.88. The molecule has 3 aromatic rings. The van der Waals surface area contributed by atoms with Crippen molar-refractivity contribution in [2.45, 2.75) is 57.8 Å². The highest BCUT2D eigenvalue weighted by Crippen LogP contribution is 2.34. The molecule has 2 aliphatic heterocycles. The standard InChI is InChI=1S/C29H36N4O/c1-3-4-9-28-26-13-12-25(34-2)19-27(26)29(30)33(31-28)24-14-16-32(17-15-24)20-21-10-11-22-7-5-6-8-23(22)18-21/h5-8,10-13,18-19,24,29H,3-4,9,14-17,20,30H2,1-2H3.